The maximum atomic E-state index is 13.6. The van der Waals surface area contributed by atoms with Gasteiger partial charge >= 0.3 is 0 Å². The Morgan fingerprint density at radius 1 is 1.07 bits per heavy atom. The van der Waals surface area contributed by atoms with E-state index in [-0.39, 0.29) is 30.3 Å². The molecule has 8 heteroatoms. The molecule has 2 unspecified atom stereocenters. The number of hydrogen-bond acceptors (Lipinski definition) is 4. The summed E-state index contributed by atoms with van der Waals surface area (Å²) in [7, 11) is 3.03. The van der Waals surface area contributed by atoms with Crippen LogP contribution in [0.3, 0.4) is 0 Å². The van der Waals surface area contributed by atoms with Gasteiger partial charge in [-0.25, -0.2) is 8.78 Å². The molecule has 1 fully saturated rings. The summed E-state index contributed by atoms with van der Waals surface area (Å²) in [5.74, 6) is -1.13. The molecule has 28 heavy (non-hydrogen) atoms. The van der Waals surface area contributed by atoms with E-state index in [0.717, 1.165) is 12.6 Å². The molecule has 0 saturated carbocycles. The van der Waals surface area contributed by atoms with E-state index in [4.69, 9.17) is 9.47 Å². The van der Waals surface area contributed by atoms with E-state index in [2.05, 4.69) is 10.6 Å². The molecule has 0 bridgehead atoms. The van der Waals surface area contributed by atoms with Crippen molar-refractivity contribution >= 4 is 18.3 Å². The number of methoxy groups -OCH3 is 2. The second kappa shape index (κ2) is 9.71. The summed E-state index contributed by atoms with van der Waals surface area (Å²) in [6.45, 7) is 1.28. The van der Waals surface area contributed by atoms with Crippen LogP contribution in [-0.2, 0) is 0 Å². The number of ether oxygens (including phenoxy) is 2. The Kier molecular flexibility index (Phi) is 7.60. The average molecular weight is 413 g/mol. The Morgan fingerprint density at radius 3 is 2.36 bits per heavy atom. The summed E-state index contributed by atoms with van der Waals surface area (Å²) in [6, 6.07) is 8.58. The molecule has 1 aliphatic heterocycles. The molecular formula is C20H23ClF2N2O3. The first-order valence-corrected chi connectivity index (χ1v) is 8.71. The lowest BCUT2D eigenvalue weighted by atomic mass is 9.85. The molecule has 0 aromatic heterocycles. The molecule has 3 rings (SSSR count). The first kappa shape index (κ1) is 21.9. The van der Waals surface area contributed by atoms with Gasteiger partial charge in [-0.15, -0.1) is 12.4 Å². The summed E-state index contributed by atoms with van der Waals surface area (Å²) >= 11 is 0. The van der Waals surface area contributed by atoms with Crippen LogP contribution in [0.15, 0.2) is 36.4 Å². The van der Waals surface area contributed by atoms with Crippen molar-refractivity contribution < 1.29 is 23.0 Å². The number of nitrogens with one attached hydrogen (secondary N) is 2. The highest BCUT2D eigenvalue weighted by atomic mass is 35.5. The van der Waals surface area contributed by atoms with Crippen LogP contribution in [0.1, 0.15) is 28.3 Å². The van der Waals surface area contributed by atoms with E-state index >= 15 is 0 Å². The van der Waals surface area contributed by atoms with E-state index in [0.29, 0.717) is 35.6 Å². The van der Waals surface area contributed by atoms with Crippen molar-refractivity contribution in [2.75, 3.05) is 27.3 Å². The van der Waals surface area contributed by atoms with Crippen LogP contribution in [0.5, 0.6) is 11.5 Å². The minimum Gasteiger partial charge on any atom is -0.497 e. The zero-order valence-corrected chi connectivity index (χ0v) is 16.4. The van der Waals surface area contributed by atoms with Gasteiger partial charge < -0.3 is 20.1 Å². The summed E-state index contributed by atoms with van der Waals surface area (Å²) < 4.78 is 37.3. The van der Waals surface area contributed by atoms with Gasteiger partial charge in [0, 0.05) is 30.1 Å². The van der Waals surface area contributed by atoms with Gasteiger partial charge in [-0.1, -0.05) is 6.07 Å². The van der Waals surface area contributed by atoms with E-state index in [1.54, 1.807) is 24.3 Å². The van der Waals surface area contributed by atoms with Crippen LogP contribution in [0, 0.1) is 11.6 Å². The van der Waals surface area contributed by atoms with E-state index in [9.17, 15) is 13.6 Å². The minimum atomic E-state index is -0.881. The van der Waals surface area contributed by atoms with Gasteiger partial charge in [0.1, 0.15) is 11.5 Å². The summed E-state index contributed by atoms with van der Waals surface area (Å²) in [5, 5.41) is 6.22. The zero-order chi connectivity index (χ0) is 19.4. The second-order valence-electron chi connectivity index (χ2n) is 6.45. The molecule has 0 radical (unpaired) electrons. The number of benzene rings is 2. The zero-order valence-electron chi connectivity index (χ0n) is 15.6. The highest BCUT2D eigenvalue weighted by Crippen LogP contribution is 2.28. The minimum absolute atomic E-state index is 0. The van der Waals surface area contributed by atoms with Crippen LogP contribution in [0.4, 0.5) is 8.78 Å². The Morgan fingerprint density at radius 2 is 1.75 bits per heavy atom. The van der Waals surface area contributed by atoms with Gasteiger partial charge in [-0.05, 0) is 42.8 Å². The SMILES string of the molecule is COc1cc(OC)cc(C(=O)NC2CNCCC2c2ccc(F)c(F)c2)c1.Cl. The first-order valence-electron chi connectivity index (χ1n) is 8.71. The predicted octanol–water partition coefficient (Wildman–Crippen LogP) is 3.28. The maximum Gasteiger partial charge on any atom is 0.251 e. The topological polar surface area (TPSA) is 59.6 Å². The van der Waals surface area contributed by atoms with E-state index < -0.39 is 11.6 Å². The molecule has 1 amide bonds. The molecule has 2 atom stereocenters. The quantitative estimate of drug-likeness (QED) is 0.791. The van der Waals surface area contributed by atoms with Gasteiger partial charge in [-0.2, -0.15) is 0 Å². The van der Waals surface area contributed by atoms with Crippen molar-refractivity contribution in [1.82, 2.24) is 10.6 Å². The molecule has 0 aliphatic carbocycles. The second-order valence-corrected chi connectivity index (χ2v) is 6.45. The fourth-order valence-electron chi connectivity index (χ4n) is 3.34. The molecule has 1 aliphatic rings. The van der Waals surface area contributed by atoms with Crippen LogP contribution < -0.4 is 20.1 Å². The third-order valence-electron chi connectivity index (χ3n) is 4.78. The highest BCUT2D eigenvalue weighted by molar-refractivity contribution is 5.95. The van der Waals surface area contributed by atoms with Crippen molar-refractivity contribution in [3.05, 3.63) is 59.2 Å². The van der Waals surface area contributed by atoms with Crippen LogP contribution >= 0.6 is 12.4 Å². The van der Waals surface area contributed by atoms with E-state index in [1.165, 1.54) is 20.3 Å². The molecule has 2 aromatic rings. The Labute approximate surface area is 168 Å². The third-order valence-corrected chi connectivity index (χ3v) is 4.78. The lowest BCUT2D eigenvalue weighted by molar-refractivity contribution is 0.0923. The summed E-state index contributed by atoms with van der Waals surface area (Å²) in [5.41, 5.74) is 1.07. The lowest BCUT2D eigenvalue weighted by Crippen LogP contribution is -2.50. The van der Waals surface area contributed by atoms with Crippen molar-refractivity contribution in [3.8, 4) is 11.5 Å². The number of rotatable bonds is 5. The largest absolute Gasteiger partial charge is 0.497 e. The Bertz CT molecular complexity index is 813. The Hall–Kier alpha value is -2.38. The monoisotopic (exact) mass is 412 g/mol. The van der Waals surface area contributed by atoms with Crippen LogP contribution in [0.2, 0.25) is 0 Å². The number of amides is 1. The van der Waals surface area contributed by atoms with Crippen molar-refractivity contribution in [2.24, 2.45) is 0 Å². The molecular weight excluding hydrogens is 390 g/mol. The number of halogens is 3. The third kappa shape index (κ3) is 4.91. The molecule has 152 valence electrons. The molecule has 0 spiro atoms. The molecule has 2 aromatic carbocycles. The van der Waals surface area contributed by atoms with Gasteiger partial charge in [0.25, 0.3) is 5.91 Å². The van der Waals surface area contributed by atoms with Crippen LogP contribution in [-0.4, -0.2) is 39.3 Å². The molecule has 5 nitrogen and oxygen atoms in total. The van der Waals surface area contributed by atoms with E-state index in [1.807, 2.05) is 0 Å². The number of carbonyl (C=O) groups excluding carboxylic acids is 1. The molecule has 1 heterocycles. The van der Waals surface area contributed by atoms with Crippen molar-refractivity contribution in [3.63, 3.8) is 0 Å². The summed E-state index contributed by atoms with van der Waals surface area (Å²) in [4.78, 5) is 12.8. The van der Waals surface area contributed by atoms with Crippen molar-refractivity contribution in [2.45, 2.75) is 18.4 Å². The molecule has 2 N–H and O–H groups in total. The van der Waals surface area contributed by atoms with Gasteiger partial charge in [0.2, 0.25) is 0 Å². The lowest BCUT2D eigenvalue weighted by Gasteiger charge is -2.33. The van der Waals surface area contributed by atoms with Gasteiger partial charge in [-0.3, -0.25) is 4.79 Å². The number of carbonyl (C=O) groups is 1. The first-order chi connectivity index (χ1) is 13.0. The molecule has 1 saturated heterocycles. The number of piperidine rings is 1. The average Bonchev–Trinajstić information content (AvgIpc) is 2.70. The Balaban J connectivity index is 0.00000280. The van der Waals surface area contributed by atoms with Crippen LogP contribution in [0.25, 0.3) is 0 Å². The standard InChI is InChI=1S/C20H22F2N2O3.ClH/c1-26-14-7-13(8-15(10-14)27-2)20(25)24-19-11-23-6-5-16(19)12-3-4-17(21)18(22)9-12;/h3-4,7-10,16,19,23H,5-6,11H2,1-2H3,(H,24,25);1H. The summed E-state index contributed by atoms with van der Waals surface area (Å²) in [6.07, 6.45) is 0.706. The fraction of sp³-hybridized carbons (Fsp3) is 0.350. The van der Waals surface area contributed by atoms with Gasteiger partial charge in [0.05, 0.1) is 14.2 Å². The predicted molar refractivity (Wildman–Crippen MR) is 105 cm³/mol. The maximum absolute atomic E-state index is 13.6. The highest BCUT2D eigenvalue weighted by Gasteiger charge is 2.29. The smallest absolute Gasteiger partial charge is 0.251 e. The van der Waals surface area contributed by atoms with Crippen molar-refractivity contribution in [1.29, 1.82) is 0 Å². The normalized spacial score (nSPS) is 18.7. The number of hydrogen-bond donors (Lipinski definition) is 2. The van der Waals surface area contributed by atoms with Gasteiger partial charge in [0.15, 0.2) is 11.6 Å². The fourth-order valence-corrected chi connectivity index (χ4v) is 3.34.